The fourth-order valence-corrected chi connectivity index (χ4v) is 4.11. The lowest BCUT2D eigenvalue weighted by atomic mass is 9.95. The second-order valence-corrected chi connectivity index (χ2v) is 9.01. The lowest BCUT2D eigenvalue weighted by Gasteiger charge is -2.25. The summed E-state index contributed by atoms with van der Waals surface area (Å²) in [5, 5.41) is 21.1. The van der Waals surface area contributed by atoms with Crippen LogP contribution in [-0.2, 0) is 16.0 Å². The molecule has 1 aliphatic heterocycles. The Morgan fingerprint density at radius 2 is 1.69 bits per heavy atom. The van der Waals surface area contributed by atoms with E-state index in [9.17, 15) is 19.8 Å². The van der Waals surface area contributed by atoms with Crippen molar-refractivity contribution in [3.8, 4) is 11.5 Å². The SMILES string of the molecule is CCc1ccc(N2C(=O)C(=O)/C(=C(\O)c3cccc(OCC(C)C)c3)C2c2ccc(O)cc2)cc1. The van der Waals surface area contributed by atoms with Crippen LogP contribution in [0.25, 0.3) is 5.76 Å². The van der Waals surface area contributed by atoms with Gasteiger partial charge in [-0.15, -0.1) is 0 Å². The minimum Gasteiger partial charge on any atom is -0.508 e. The molecule has 1 heterocycles. The van der Waals surface area contributed by atoms with Crippen LogP contribution in [0.2, 0.25) is 0 Å². The quantitative estimate of drug-likeness (QED) is 0.265. The molecule has 0 spiro atoms. The zero-order valence-electron chi connectivity index (χ0n) is 20.1. The Morgan fingerprint density at radius 1 is 1.00 bits per heavy atom. The van der Waals surface area contributed by atoms with Crippen molar-refractivity contribution in [1.82, 2.24) is 0 Å². The zero-order chi connectivity index (χ0) is 25.1. The Hall–Kier alpha value is -4.06. The monoisotopic (exact) mass is 471 g/mol. The van der Waals surface area contributed by atoms with Crippen LogP contribution in [-0.4, -0.2) is 28.5 Å². The van der Waals surface area contributed by atoms with E-state index in [1.165, 1.54) is 17.0 Å². The van der Waals surface area contributed by atoms with Crippen molar-refractivity contribution in [2.24, 2.45) is 5.92 Å². The molecule has 4 rings (SSSR count). The molecule has 3 aromatic rings. The molecule has 6 nitrogen and oxygen atoms in total. The number of aliphatic hydroxyl groups is 1. The fourth-order valence-electron chi connectivity index (χ4n) is 4.11. The van der Waals surface area contributed by atoms with Gasteiger partial charge in [0.1, 0.15) is 17.3 Å². The van der Waals surface area contributed by atoms with Crippen molar-refractivity contribution in [3.63, 3.8) is 0 Å². The highest BCUT2D eigenvalue weighted by atomic mass is 16.5. The Bertz CT molecular complexity index is 1260. The first-order valence-electron chi connectivity index (χ1n) is 11.7. The third-order valence-electron chi connectivity index (χ3n) is 5.97. The molecular weight excluding hydrogens is 442 g/mol. The van der Waals surface area contributed by atoms with Crippen molar-refractivity contribution < 1.29 is 24.5 Å². The molecule has 0 aromatic heterocycles. The van der Waals surface area contributed by atoms with Gasteiger partial charge >= 0.3 is 0 Å². The van der Waals surface area contributed by atoms with Gasteiger partial charge < -0.3 is 14.9 Å². The third kappa shape index (κ3) is 4.92. The normalized spacial score (nSPS) is 17.3. The summed E-state index contributed by atoms with van der Waals surface area (Å²) in [5.41, 5.74) is 2.62. The van der Waals surface area contributed by atoms with Gasteiger partial charge in [0.25, 0.3) is 11.7 Å². The summed E-state index contributed by atoms with van der Waals surface area (Å²) in [4.78, 5) is 27.9. The zero-order valence-corrected chi connectivity index (χ0v) is 20.1. The molecule has 1 aliphatic rings. The number of benzene rings is 3. The topological polar surface area (TPSA) is 87.1 Å². The maximum atomic E-state index is 13.3. The summed E-state index contributed by atoms with van der Waals surface area (Å²) < 4.78 is 5.78. The predicted molar refractivity (Wildman–Crippen MR) is 135 cm³/mol. The van der Waals surface area contributed by atoms with Crippen LogP contribution in [0, 0.1) is 5.92 Å². The molecule has 0 radical (unpaired) electrons. The number of carbonyl (C=O) groups is 2. The molecule has 1 amide bonds. The number of hydrogen-bond acceptors (Lipinski definition) is 5. The van der Waals surface area contributed by atoms with E-state index < -0.39 is 17.7 Å². The van der Waals surface area contributed by atoms with Gasteiger partial charge in [0, 0.05) is 11.3 Å². The number of aromatic hydroxyl groups is 1. The van der Waals surface area contributed by atoms with Crippen LogP contribution in [0.5, 0.6) is 11.5 Å². The van der Waals surface area contributed by atoms with Crippen LogP contribution < -0.4 is 9.64 Å². The lowest BCUT2D eigenvalue weighted by molar-refractivity contribution is -0.132. The molecule has 2 N–H and O–H groups in total. The van der Waals surface area contributed by atoms with Crippen molar-refractivity contribution in [1.29, 1.82) is 0 Å². The fraction of sp³-hybridized carbons (Fsp3) is 0.241. The van der Waals surface area contributed by atoms with Gasteiger partial charge in [0.05, 0.1) is 18.2 Å². The standard InChI is InChI=1S/C29H29NO5/c1-4-19-8-12-22(13-9-19)30-26(20-10-14-23(31)15-11-20)25(28(33)29(30)34)27(32)21-6-5-7-24(16-21)35-17-18(2)3/h5-16,18,26,31-32H,4,17H2,1-3H3/b27-25-. The van der Waals surface area contributed by atoms with Gasteiger partial charge in [-0.1, -0.05) is 57.2 Å². The van der Waals surface area contributed by atoms with E-state index in [0.717, 1.165) is 12.0 Å². The van der Waals surface area contributed by atoms with Crippen LogP contribution in [0.4, 0.5) is 5.69 Å². The Morgan fingerprint density at radius 3 is 2.31 bits per heavy atom. The van der Waals surface area contributed by atoms with Crippen molar-refractivity contribution >= 4 is 23.1 Å². The van der Waals surface area contributed by atoms with E-state index in [4.69, 9.17) is 4.74 Å². The van der Waals surface area contributed by atoms with Gasteiger partial charge in [0.2, 0.25) is 0 Å². The van der Waals surface area contributed by atoms with Gasteiger partial charge in [-0.3, -0.25) is 14.5 Å². The van der Waals surface area contributed by atoms with E-state index in [1.54, 1.807) is 48.5 Å². The second kappa shape index (κ2) is 10.1. The number of nitrogens with zero attached hydrogens (tertiary/aromatic N) is 1. The summed E-state index contributed by atoms with van der Waals surface area (Å²) in [6, 6.07) is 19.7. The number of ether oxygens (including phenoxy) is 1. The number of anilines is 1. The maximum Gasteiger partial charge on any atom is 0.300 e. The molecule has 3 aromatic carbocycles. The molecule has 35 heavy (non-hydrogen) atoms. The first-order valence-corrected chi connectivity index (χ1v) is 11.7. The van der Waals surface area contributed by atoms with E-state index in [-0.39, 0.29) is 17.1 Å². The Kier molecular flexibility index (Phi) is 6.92. The molecule has 1 atom stereocenters. The lowest BCUT2D eigenvalue weighted by Crippen LogP contribution is -2.29. The number of phenols is 1. The van der Waals surface area contributed by atoms with Crippen LogP contribution in [0.3, 0.4) is 0 Å². The van der Waals surface area contributed by atoms with Gasteiger partial charge in [0.15, 0.2) is 0 Å². The van der Waals surface area contributed by atoms with Crippen molar-refractivity contribution in [3.05, 3.63) is 95.1 Å². The maximum absolute atomic E-state index is 13.3. The number of aliphatic hydroxyl groups excluding tert-OH is 1. The van der Waals surface area contributed by atoms with Crippen molar-refractivity contribution in [2.45, 2.75) is 33.2 Å². The largest absolute Gasteiger partial charge is 0.508 e. The molecule has 1 fully saturated rings. The summed E-state index contributed by atoms with van der Waals surface area (Å²) in [5.74, 6) is -0.814. The minimum absolute atomic E-state index is 0.0127. The van der Waals surface area contributed by atoms with Gasteiger partial charge in [-0.05, 0) is 59.9 Å². The number of phenolic OH excluding ortho intramolecular Hbond substituents is 1. The molecule has 180 valence electrons. The van der Waals surface area contributed by atoms with Crippen LogP contribution in [0.15, 0.2) is 78.4 Å². The molecule has 1 saturated heterocycles. The predicted octanol–water partition coefficient (Wildman–Crippen LogP) is 5.62. The average Bonchev–Trinajstić information content (AvgIpc) is 3.13. The Labute approximate surface area is 205 Å². The number of ketones is 1. The molecular formula is C29H29NO5. The number of amides is 1. The second-order valence-electron chi connectivity index (χ2n) is 9.01. The van der Waals surface area contributed by atoms with Gasteiger partial charge in [-0.25, -0.2) is 0 Å². The minimum atomic E-state index is -0.858. The smallest absolute Gasteiger partial charge is 0.300 e. The van der Waals surface area contributed by atoms with Crippen LogP contribution >= 0.6 is 0 Å². The highest BCUT2D eigenvalue weighted by Crippen LogP contribution is 2.42. The summed E-state index contributed by atoms with van der Waals surface area (Å²) in [6.45, 7) is 6.62. The van der Waals surface area contributed by atoms with Gasteiger partial charge in [-0.2, -0.15) is 0 Å². The van der Waals surface area contributed by atoms with E-state index in [2.05, 4.69) is 0 Å². The molecule has 0 saturated carbocycles. The Balaban J connectivity index is 1.84. The first kappa shape index (κ1) is 24.1. The number of aryl methyl sites for hydroxylation is 1. The number of rotatable bonds is 7. The molecule has 6 heteroatoms. The summed E-state index contributed by atoms with van der Waals surface area (Å²) >= 11 is 0. The van der Waals surface area contributed by atoms with E-state index >= 15 is 0 Å². The third-order valence-corrected chi connectivity index (χ3v) is 5.97. The molecule has 1 unspecified atom stereocenters. The summed E-state index contributed by atoms with van der Waals surface area (Å²) in [6.07, 6.45) is 0.843. The number of hydrogen-bond donors (Lipinski definition) is 2. The molecule has 0 aliphatic carbocycles. The average molecular weight is 472 g/mol. The highest BCUT2D eigenvalue weighted by molar-refractivity contribution is 6.51. The van der Waals surface area contributed by atoms with E-state index in [0.29, 0.717) is 35.1 Å². The number of carbonyl (C=O) groups excluding carboxylic acids is 2. The number of Topliss-reactive ketones (excluding diaryl/α,β-unsaturated/α-hetero) is 1. The van der Waals surface area contributed by atoms with Crippen LogP contribution in [0.1, 0.15) is 43.5 Å². The first-order chi connectivity index (χ1) is 16.8. The molecule has 0 bridgehead atoms. The van der Waals surface area contributed by atoms with E-state index in [1.807, 2.05) is 32.9 Å². The highest BCUT2D eigenvalue weighted by Gasteiger charge is 2.47. The van der Waals surface area contributed by atoms with Crippen molar-refractivity contribution in [2.75, 3.05) is 11.5 Å². The summed E-state index contributed by atoms with van der Waals surface area (Å²) in [7, 11) is 0.